The number of aliphatic carboxylic acids is 1. The van der Waals surface area contributed by atoms with E-state index in [9.17, 15) is 9.59 Å². The number of hydrazone groups is 1. The molecule has 0 spiro atoms. The molecule has 0 fully saturated rings. The van der Waals surface area contributed by atoms with Gasteiger partial charge >= 0.3 is 5.97 Å². The lowest BCUT2D eigenvalue weighted by atomic mass is 10.1. The average molecular weight is 502 g/mol. The second-order valence-electron chi connectivity index (χ2n) is 7.65. The molecule has 3 aromatic carbocycles. The van der Waals surface area contributed by atoms with Crippen LogP contribution in [0.3, 0.4) is 0 Å². The fourth-order valence-electron chi connectivity index (χ4n) is 3.26. The summed E-state index contributed by atoms with van der Waals surface area (Å²) >= 11 is 1.24. The number of amides is 1. The Hall–Kier alpha value is -4.44. The minimum absolute atomic E-state index is 0.0629. The van der Waals surface area contributed by atoms with Crippen LogP contribution in [0.1, 0.15) is 11.1 Å². The summed E-state index contributed by atoms with van der Waals surface area (Å²) in [6, 6.07) is 24.5. The molecule has 0 radical (unpaired) electrons. The van der Waals surface area contributed by atoms with Crippen LogP contribution in [0.4, 0.5) is 0 Å². The Morgan fingerprint density at radius 2 is 1.75 bits per heavy atom. The molecule has 36 heavy (non-hydrogen) atoms. The molecule has 0 saturated carbocycles. The van der Waals surface area contributed by atoms with Crippen LogP contribution in [-0.4, -0.2) is 50.3 Å². The van der Waals surface area contributed by atoms with Crippen molar-refractivity contribution < 1.29 is 19.4 Å². The molecule has 4 rings (SSSR count). The number of ether oxygens (including phenoxy) is 1. The number of carbonyl (C=O) groups excluding carboxylic acids is 1. The molecule has 0 atom stereocenters. The molecule has 0 aliphatic carbocycles. The van der Waals surface area contributed by atoms with Gasteiger partial charge in [0.05, 0.1) is 12.0 Å². The van der Waals surface area contributed by atoms with E-state index in [0.29, 0.717) is 22.3 Å². The number of hydrogen-bond acceptors (Lipinski definition) is 7. The Labute approximate surface area is 211 Å². The molecule has 9 nitrogen and oxygen atoms in total. The minimum Gasteiger partial charge on any atom is -0.481 e. The molecule has 1 heterocycles. The second kappa shape index (κ2) is 11.8. The Balaban J connectivity index is 1.45. The summed E-state index contributed by atoms with van der Waals surface area (Å²) in [5.74, 6) is -0.319. The molecule has 0 unspecified atom stereocenters. The number of carboxylic acid groups (broad SMARTS) is 1. The molecule has 1 amide bonds. The van der Waals surface area contributed by atoms with Crippen LogP contribution in [0.25, 0.3) is 17.1 Å². The lowest BCUT2D eigenvalue weighted by Gasteiger charge is -2.10. The Morgan fingerprint density at radius 1 is 1.03 bits per heavy atom. The smallest absolute Gasteiger partial charge is 0.341 e. The highest BCUT2D eigenvalue weighted by molar-refractivity contribution is 7.99. The normalized spacial score (nSPS) is 10.9. The van der Waals surface area contributed by atoms with Crippen LogP contribution < -0.4 is 10.2 Å². The zero-order valence-electron chi connectivity index (χ0n) is 19.4. The van der Waals surface area contributed by atoms with Crippen LogP contribution in [0.5, 0.6) is 5.75 Å². The molecule has 0 bridgehead atoms. The first-order chi connectivity index (χ1) is 17.5. The van der Waals surface area contributed by atoms with Crippen LogP contribution in [0.2, 0.25) is 0 Å². The number of rotatable bonds is 10. The maximum atomic E-state index is 12.5. The van der Waals surface area contributed by atoms with Gasteiger partial charge in [0.2, 0.25) is 0 Å². The lowest BCUT2D eigenvalue weighted by molar-refractivity contribution is -0.139. The number of benzene rings is 3. The monoisotopic (exact) mass is 501 g/mol. The number of nitrogens with one attached hydrogen (secondary N) is 1. The zero-order chi connectivity index (χ0) is 25.3. The molecule has 1 aromatic heterocycles. The van der Waals surface area contributed by atoms with Crippen LogP contribution in [-0.2, 0) is 9.59 Å². The number of nitrogens with zero attached hydrogens (tertiary/aromatic N) is 4. The Kier molecular flexibility index (Phi) is 8.09. The van der Waals surface area contributed by atoms with E-state index < -0.39 is 12.6 Å². The van der Waals surface area contributed by atoms with Gasteiger partial charge in [0, 0.05) is 16.8 Å². The van der Waals surface area contributed by atoms with E-state index in [-0.39, 0.29) is 11.7 Å². The van der Waals surface area contributed by atoms with Crippen LogP contribution >= 0.6 is 11.8 Å². The van der Waals surface area contributed by atoms with Crippen molar-refractivity contribution in [3.05, 3.63) is 90.0 Å². The van der Waals surface area contributed by atoms with Crippen molar-refractivity contribution in [3.63, 3.8) is 0 Å². The van der Waals surface area contributed by atoms with E-state index in [2.05, 4.69) is 20.7 Å². The highest BCUT2D eigenvalue weighted by Crippen LogP contribution is 2.28. The van der Waals surface area contributed by atoms with E-state index in [0.717, 1.165) is 16.8 Å². The molecule has 0 aliphatic heterocycles. The molecule has 0 saturated heterocycles. The first-order valence-corrected chi connectivity index (χ1v) is 12.0. The highest BCUT2D eigenvalue weighted by Gasteiger charge is 2.17. The summed E-state index contributed by atoms with van der Waals surface area (Å²) in [7, 11) is 0. The highest BCUT2D eigenvalue weighted by atomic mass is 32.2. The van der Waals surface area contributed by atoms with E-state index in [1.54, 1.807) is 24.3 Å². The lowest BCUT2D eigenvalue weighted by Crippen LogP contribution is -2.20. The van der Waals surface area contributed by atoms with Gasteiger partial charge in [-0.2, -0.15) is 5.10 Å². The Morgan fingerprint density at radius 3 is 2.50 bits per heavy atom. The topological polar surface area (TPSA) is 119 Å². The third-order valence-corrected chi connectivity index (χ3v) is 5.88. The van der Waals surface area contributed by atoms with Gasteiger partial charge in [0.25, 0.3) is 5.91 Å². The maximum Gasteiger partial charge on any atom is 0.341 e. The molecule has 4 aromatic rings. The van der Waals surface area contributed by atoms with Gasteiger partial charge < -0.3 is 9.84 Å². The molecule has 2 N–H and O–H groups in total. The first kappa shape index (κ1) is 24.7. The van der Waals surface area contributed by atoms with E-state index in [4.69, 9.17) is 9.84 Å². The summed E-state index contributed by atoms with van der Waals surface area (Å²) in [6.07, 6.45) is 1.40. The number of aromatic nitrogens is 3. The number of hydrogen-bond donors (Lipinski definition) is 2. The fraction of sp³-hybridized carbons (Fsp3) is 0.115. The van der Waals surface area contributed by atoms with E-state index >= 15 is 0 Å². The van der Waals surface area contributed by atoms with Gasteiger partial charge in [-0.1, -0.05) is 71.9 Å². The summed E-state index contributed by atoms with van der Waals surface area (Å²) in [5.41, 5.74) is 5.97. The van der Waals surface area contributed by atoms with Crippen LogP contribution in [0.15, 0.2) is 89.1 Å². The predicted octanol–water partition coefficient (Wildman–Crippen LogP) is 3.95. The van der Waals surface area contributed by atoms with Crippen molar-refractivity contribution >= 4 is 29.9 Å². The number of aryl methyl sites for hydroxylation is 1. The fourth-order valence-corrected chi connectivity index (χ4v) is 4.00. The predicted molar refractivity (Wildman–Crippen MR) is 138 cm³/mol. The largest absolute Gasteiger partial charge is 0.481 e. The van der Waals surface area contributed by atoms with Crippen molar-refractivity contribution in [2.75, 3.05) is 12.4 Å². The average Bonchev–Trinajstić information content (AvgIpc) is 3.32. The maximum absolute atomic E-state index is 12.5. The van der Waals surface area contributed by atoms with Gasteiger partial charge in [-0.05, 0) is 31.2 Å². The summed E-state index contributed by atoms with van der Waals surface area (Å²) < 4.78 is 7.15. The standard InChI is InChI=1S/C26H23N5O4S/c1-18-11-13-19(14-12-18)25-29-30-26(31(25)21-8-3-2-4-9-21)36-17-23(32)28-27-15-20-7-5-6-10-22(20)35-16-24(33)34/h2-15H,16-17H2,1H3,(H,28,32)(H,33,34)/b27-15-. The van der Waals surface area contributed by atoms with Gasteiger partial charge in [-0.25, -0.2) is 10.2 Å². The van der Waals surface area contributed by atoms with E-state index in [1.165, 1.54) is 18.0 Å². The van der Waals surface area contributed by atoms with Crippen molar-refractivity contribution in [1.29, 1.82) is 0 Å². The quantitative estimate of drug-likeness (QED) is 0.192. The van der Waals surface area contributed by atoms with Crippen molar-refractivity contribution in [2.45, 2.75) is 12.1 Å². The van der Waals surface area contributed by atoms with Crippen molar-refractivity contribution in [1.82, 2.24) is 20.2 Å². The van der Waals surface area contributed by atoms with Crippen molar-refractivity contribution in [2.24, 2.45) is 5.10 Å². The summed E-state index contributed by atoms with van der Waals surface area (Å²) in [6.45, 7) is 1.55. The third-order valence-electron chi connectivity index (χ3n) is 4.95. The molecule has 182 valence electrons. The molecule has 10 heteroatoms. The number of thioether (sulfide) groups is 1. The molecular formula is C26H23N5O4S. The number of carbonyl (C=O) groups is 2. The third kappa shape index (κ3) is 6.36. The molecule has 0 aliphatic rings. The zero-order valence-corrected chi connectivity index (χ0v) is 20.2. The van der Waals surface area contributed by atoms with Gasteiger partial charge in [0.1, 0.15) is 5.75 Å². The van der Waals surface area contributed by atoms with Crippen molar-refractivity contribution in [3.8, 4) is 22.8 Å². The van der Waals surface area contributed by atoms with Gasteiger partial charge in [-0.15, -0.1) is 10.2 Å². The Bertz CT molecular complexity index is 1370. The summed E-state index contributed by atoms with van der Waals surface area (Å²) in [5, 5.41) is 22.1. The number of carboxylic acids is 1. The second-order valence-corrected chi connectivity index (χ2v) is 8.59. The van der Waals surface area contributed by atoms with Gasteiger partial charge in [-0.3, -0.25) is 9.36 Å². The SMILES string of the molecule is Cc1ccc(-c2nnc(SCC(=O)N/N=C\c3ccccc3OCC(=O)O)n2-c2ccccc2)cc1. The van der Waals surface area contributed by atoms with Gasteiger partial charge in [0.15, 0.2) is 17.6 Å². The summed E-state index contributed by atoms with van der Waals surface area (Å²) in [4.78, 5) is 23.2. The van der Waals surface area contributed by atoms with Crippen LogP contribution in [0, 0.1) is 6.92 Å². The number of para-hydroxylation sites is 2. The minimum atomic E-state index is -1.08. The first-order valence-electron chi connectivity index (χ1n) is 11.0. The van der Waals surface area contributed by atoms with E-state index in [1.807, 2.05) is 66.1 Å². The molecular weight excluding hydrogens is 478 g/mol.